The number of nitriles is 1. The first-order valence-corrected chi connectivity index (χ1v) is 14.1. The fraction of sp³-hybridized carbons (Fsp3) is 0.862. The molecule has 0 bridgehead atoms. The molecule has 1 aromatic rings. The Morgan fingerprint density at radius 1 is 1.12 bits per heavy atom. The third-order valence-corrected chi connectivity index (χ3v) is 11.0. The van der Waals surface area contributed by atoms with Gasteiger partial charge in [-0.05, 0) is 124 Å². The third-order valence-electron chi connectivity index (χ3n) is 11.0. The van der Waals surface area contributed by atoms with E-state index in [1.807, 2.05) is 10.7 Å². The normalized spacial score (nSPS) is 41.0. The van der Waals surface area contributed by atoms with Crippen molar-refractivity contribution in [1.29, 1.82) is 5.26 Å². The Kier molecular flexibility index (Phi) is 6.90. The second-order valence-electron chi connectivity index (χ2n) is 12.2. The van der Waals surface area contributed by atoms with Crippen LogP contribution in [-0.2, 0) is 11.3 Å². The Morgan fingerprint density at radius 3 is 2.76 bits per heavy atom. The molecule has 4 saturated carbocycles. The van der Waals surface area contributed by atoms with Crippen molar-refractivity contribution in [2.75, 3.05) is 13.2 Å². The van der Waals surface area contributed by atoms with Crippen LogP contribution in [0.5, 0.6) is 0 Å². The molecule has 5 rings (SSSR count). The third kappa shape index (κ3) is 4.18. The largest absolute Gasteiger partial charge is 0.381 e. The average molecular weight is 452 g/mol. The van der Waals surface area contributed by atoms with Gasteiger partial charge in [-0.25, -0.2) is 0 Å². The molecular formula is C29H45N3O. The molecule has 9 atom stereocenters. The van der Waals surface area contributed by atoms with Crippen LogP contribution in [0.2, 0.25) is 0 Å². The molecule has 4 aliphatic carbocycles. The summed E-state index contributed by atoms with van der Waals surface area (Å²) in [6, 6.07) is 4.19. The lowest BCUT2D eigenvalue weighted by molar-refractivity contribution is -0.0797. The number of fused-ring (bicyclic) bond motifs is 5. The molecule has 9 unspecified atom stereocenters. The molecule has 0 spiro atoms. The SMILES string of the molecule is CCOCC1CCC2C(CCC3C2CCC2(C)C(C(CC)Cn4nccc4C#N)CCC32)C1. The Labute approximate surface area is 201 Å². The van der Waals surface area contributed by atoms with Crippen LogP contribution in [0.15, 0.2) is 12.3 Å². The molecule has 1 aromatic heterocycles. The number of hydrogen-bond acceptors (Lipinski definition) is 3. The molecule has 0 saturated heterocycles. The molecule has 182 valence electrons. The smallest absolute Gasteiger partial charge is 0.138 e. The fourth-order valence-corrected chi connectivity index (χ4v) is 9.54. The van der Waals surface area contributed by atoms with Gasteiger partial charge in [0.2, 0.25) is 0 Å². The monoisotopic (exact) mass is 451 g/mol. The van der Waals surface area contributed by atoms with Crippen LogP contribution in [0.1, 0.15) is 90.7 Å². The summed E-state index contributed by atoms with van der Waals surface area (Å²) in [6.07, 6.45) is 15.9. The lowest BCUT2D eigenvalue weighted by atomic mass is 9.48. The van der Waals surface area contributed by atoms with Gasteiger partial charge < -0.3 is 4.74 Å². The van der Waals surface area contributed by atoms with Crippen molar-refractivity contribution >= 4 is 0 Å². The van der Waals surface area contributed by atoms with E-state index in [4.69, 9.17) is 4.74 Å². The van der Waals surface area contributed by atoms with Gasteiger partial charge in [-0.2, -0.15) is 10.4 Å². The second kappa shape index (κ2) is 9.73. The van der Waals surface area contributed by atoms with Crippen LogP contribution in [0.25, 0.3) is 0 Å². The molecule has 0 N–H and O–H groups in total. The zero-order valence-electron chi connectivity index (χ0n) is 21.2. The minimum absolute atomic E-state index is 0.487. The lowest BCUT2D eigenvalue weighted by Gasteiger charge is -2.57. The van der Waals surface area contributed by atoms with Gasteiger partial charge in [0.15, 0.2) is 0 Å². The average Bonchev–Trinajstić information content (AvgIpc) is 3.44. The van der Waals surface area contributed by atoms with Crippen LogP contribution in [-0.4, -0.2) is 23.0 Å². The fourth-order valence-electron chi connectivity index (χ4n) is 9.54. The van der Waals surface area contributed by atoms with Gasteiger partial charge in [-0.1, -0.05) is 20.3 Å². The highest BCUT2D eigenvalue weighted by molar-refractivity contribution is 5.18. The number of rotatable bonds is 7. The predicted molar refractivity (Wildman–Crippen MR) is 131 cm³/mol. The van der Waals surface area contributed by atoms with Crippen molar-refractivity contribution in [2.24, 2.45) is 52.8 Å². The van der Waals surface area contributed by atoms with E-state index in [2.05, 4.69) is 31.9 Å². The summed E-state index contributed by atoms with van der Waals surface area (Å²) in [4.78, 5) is 0. The molecule has 0 aromatic carbocycles. The highest BCUT2D eigenvalue weighted by Gasteiger charge is 2.57. The van der Waals surface area contributed by atoms with E-state index in [9.17, 15) is 5.26 Å². The zero-order valence-corrected chi connectivity index (χ0v) is 21.2. The minimum atomic E-state index is 0.487. The summed E-state index contributed by atoms with van der Waals surface area (Å²) < 4.78 is 7.78. The van der Waals surface area contributed by atoms with E-state index in [1.54, 1.807) is 6.20 Å². The van der Waals surface area contributed by atoms with Crippen molar-refractivity contribution in [2.45, 2.75) is 91.5 Å². The first-order valence-electron chi connectivity index (χ1n) is 14.1. The summed E-state index contributed by atoms with van der Waals surface area (Å²) in [5.41, 5.74) is 1.20. The predicted octanol–water partition coefficient (Wildman–Crippen LogP) is 6.70. The molecule has 0 amide bonds. The maximum Gasteiger partial charge on any atom is 0.138 e. The first kappa shape index (κ1) is 23.4. The van der Waals surface area contributed by atoms with E-state index >= 15 is 0 Å². The summed E-state index contributed by atoms with van der Waals surface area (Å²) in [6.45, 7) is 9.93. The van der Waals surface area contributed by atoms with Gasteiger partial charge in [0.25, 0.3) is 0 Å². The van der Waals surface area contributed by atoms with Crippen molar-refractivity contribution in [3.8, 4) is 6.07 Å². The van der Waals surface area contributed by atoms with Crippen LogP contribution in [0, 0.1) is 64.1 Å². The topological polar surface area (TPSA) is 50.8 Å². The summed E-state index contributed by atoms with van der Waals surface area (Å²) in [5, 5.41) is 14.0. The second-order valence-corrected chi connectivity index (χ2v) is 12.2. The molecule has 1 heterocycles. The van der Waals surface area contributed by atoms with Gasteiger partial charge in [0.05, 0.1) is 6.20 Å². The standard InChI is InChI=1S/C29H45N3O/c1-4-21(18-32-23(17-30)13-15-31-32)27-10-11-28-26-9-7-22-16-20(19-33-5-2)6-8-24(22)25(26)12-14-29(27,28)3/h13,15,20-22,24-28H,4-12,14,16,18-19H2,1-3H3. The Bertz CT molecular complexity index is 842. The Balaban J connectivity index is 1.28. The molecule has 4 heteroatoms. The van der Waals surface area contributed by atoms with Crippen LogP contribution in [0.3, 0.4) is 0 Å². The maximum atomic E-state index is 9.46. The number of aromatic nitrogens is 2. The molecule has 4 nitrogen and oxygen atoms in total. The van der Waals surface area contributed by atoms with E-state index < -0.39 is 0 Å². The van der Waals surface area contributed by atoms with Gasteiger partial charge >= 0.3 is 0 Å². The van der Waals surface area contributed by atoms with Crippen molar-refractivity contribution in [3.05, 3.63) is 18.0 Å². The van der Waals surface area contributed by atoms with E-state index in [0.717, 1.165) is 66.9 Å². The van der Waals surface area contributed by atoms with Crippen molar-refractivity contribution < 1.29 is 4.74 Å². The van der Waals surface area contributed by atoms with Gasteiger partial charge in [-0.3, -0.25) is 4.68 Å². The molecule has 0 aliphatic heterocycles. The Morgan fingerprint density at radius 2 is 1.97 bits per heavy atom. The highest BCUT2D eigenvalue weighted by Crippen LogP contribution is 2.65. The molecular weight excluding hydrogens is 406 g/mol. The number of nitrogens with zero attached hydrogens (tertiary/aromatic N) is 3. The highest BCUT2D eigenvalue weighted by atomic mass is 16.5. The summed E-state index contributed by atoms with van der Waals surface area (Å²) >= 11 is 0. The van der Waals surface area contributed by atoms with Crippen LogP contribution < -0.4 is 0 Å². The van der Waals surface area contributed by atoms with Gasteiger partial charge in [0, 0.05) is 19.8 Å². The van der Waals surface area contributed by atoms with Gasteiger partial charge in [-0.15, -0.1) is 0 Å². The zero-order chi connectivity index (χ0) is 23.0. The van der Waals surface area contributed by atoms with E-state index in [-0.39, 0.29) is 0 Å². The summed E-state index contributed by atoms with van der Waals surface area (Å²) in [5.74, 6) is 7.08. The van der Waals surface area contributed by atoms with E-state index in [0.29, 0.717) is 11.3 Å². The quantitative estimate of drug-likeness (QED) is 0.463. The van der Waals surface area contributed by atoms with Gasteiger partial charge in [0.1, 0.15) is 11.8 Å². The number of ether oxygens (including phenoxy) is 1. The van der Waals surface area contributed by atoms with E-state index in [1.165, 1.54) is 64.2 Å². The molecule has 4 fully saturated rings. The Hall–Kier alpha value is -1.34. The maximum absolute atomic E-state index is 9.46. The first-order chi connectivity index (χ1) is 16.1. The molecule has 33 heavy (non-hydrogen) atoms. The molecule has 4 aliphatic rings. The van der Waals surface area contributed by atoms with Crippen LogP contribution >= 0.6 is 0 Å². The van der Waals surface area contributed by atoms with Crippen LogP contribution in [0.4, 0.5) is 0 Å². The van der Waals surface area contributed by atoms with Crippen molar-refractivity contribution in [3.63, 3.8) is 0 Å². The number of hydrogen-bond donors (Lipinski definition) is 0. The summed E-state index contributed by atoms with van der Waals surface area (Å²) in [7, 11) is 0. The lowest BCUT2D eigenvalue weighted by Crippen LogP contribution is -2.49. The van der Waals surface area contributed by atoms with Crippen molar-refractivity contribution in [1.82, 2.24) is 9.78 Å². The minimum Gasteiger partial charge on any atom is -0.381 e. The molecule has 0 radical (unpaired) electrons.